The average Bonchev–Trinajstić information content (AvgIpc) is 2.55. The number of hydrogen-bond acceptors (Lipinski definition) is 1. The molecule has 0 aliphatic rings. The smallest absolute Gasteiger partial charge is 0.224 e. The third-order valence-electron chi connectivity index (χ3n) is 2.75. The molecule has 0 unspecified atom stereocenters. The van der Waals surface area contributed by atoms with E-state index in [9.17, 15) is 4.79 Å². The Morgan fingerprint density at radius 1 is 1.35 bits per heavy atom. The molecule has 2 rings (SSSR count). The van der Waals surface area contributed by atoms with Crippen LogP contribution in [0, 0.1) is 12.8 Å². The molecule has 0 atom stereocenters. The van der Waals surface area contributed by atoms with Gasteiger partial charge >= 0.3 is 0 Å². The minimum Gasteiger partial charge on any atom is -0.357 e. The number of amides is 1. The standard InChI is InChI=1S/C14H18N2O/c1-9(2)8-13(17)16-14-10(3)15-12-7-5-4-6-11(12)14/h4-7,9,15H,8H2,1-3H3,(H,16,17). The fraction of sp³-hybridized carbons (Fsp3) is 0.357. The zero-order valence-corrected chi connectivity index (χ0v) is 10.5. The molecule has 0 fully saturated rings. The van der Waals surface area contributed by atoms with Gasteiger partial charge in [0.2, 0.25) is 5.91 Å². The molecular weight excluding hydrogens is 212 g/mol. The van der Waals surface area contributed by atoms with E-state index < -0.39 is 0 Å². The van der Waals surface area contributed by atoms with E-state index in [1.54, 1.807) is 0 Å². The molecule has 1 aromatic carbocycles. The van der Waals surface area contributed by atoms with Gasteiger partial charge in [-0.05, 0) is 18.9 Å². The number of carbonyl (C=O) groups is 1. The largest absolute Gasteiger partial charge is 0.357 e. The van der Waals surface area contributed by atoms with Gasteiger partial charge in [0, 0.05) is 23.0 Å². The predicted molar refractivity (Wildman–Crippen MR) is 71.1 cm³/mol. The van der Waals surface area contributed by atoms with Crippen LogP contribution >= 0.6 is 0 Å². The van der Waals surface area contributed by atoms with Crippen LogP contribution in [0.1, 0.15) is 26.0 Å². The Hall–Kier alpha value is -1.77. The molecule has 3 heteroatoms. The first-order chi connectivity index (χ1) is 8.08. The monoisotopic (exact) mass is 230 g/mol. The van der Waals surface area contributed by atoms with Gasteiger partial charge < -0.3 is 10.3 Å². The zero-order chi connectivity index (χ0) is 12.4. The summed E-state index contributed by atoms with van der Waals surface area (Å²) in [6.45, 7) is 6.06. The Morgan fingerprint density at radius 3 is 2.76 bits per heavy atom. The SMILES string of the molecule is Cc1[nH]c2ccccc2c1NC(=O)CC(C)C. The van der Waals surface area contributed by atoms with Crippen LogP contribution in [0.25, 0.3) is 10.9 Å². The summed E-state index contributed by atoms with van der Waals surface area (Å²) >= 11 is 0. The van der Waals surface area contributed by atoms with Crippen LogP contribution in [-0.2, 0) is 4.79 Å². The molecule has 2 aromatic rings. The van der Waals surface area contributed by atoms with Crippen LogP contribution in [0.3, 0.4) is 0 Å². The highest BCUT2D eigenvalue weighted by atomic mass is 16.1. The molecule has 3 nitrogen and oxygen atoms in total. The van der Waals surface area contributed by atoms with Crippen molar-refractivity contribution in [3.8, 4) is 0 Å². The van der Waals surface area contributed by atoms with Gasteiger partial charge in [0.25, 0.3) is 0 Å². The van der Waals surface area contributed by atoms with Gasteiger partial charge in [-0.15, -0.1) is 0 Å². The van der Waals surface area contributed by atoms with Crippen LogP contribution in [0.2, 0.25) is 0 Å². The van der Waals surface area contributed by atoms with Crippen LogP contribution in [-0.4, -0.2) is 10.9 Å². The number of aryl methyl sites for hydroxylation is 1. The van der Waals surface area contributed by atoms with Crippen molar-refractivity contribution in [2.45, 2.75) is 27.2 Å². The number of fused-ring (bicyclic) bond motifs is 1. The lowest BCUT2D eigenvalue weighted by atomic mass is 10.1. The number of aromatic amines is 1. The van der Waals surface area contributed by atoms with E-state index in [0.717, 1.165) is 22.3 Å². The molecule has 90 valence electrons. The molecule has 0 spiro atoms. The van der Waals surface area contributed by atoms with Crippen molar-refractivity contribution in [2.24, 2.45) is 5.92 Å². The number of anilines is 1. The van der Waals surface area contributed by atoms with Crippen molar-refractivity contribution in [1.29, 1.82) is 0 Å². The molecule has 0 saturated heterocycles. The zero-order valence-electron chi connectivity index (χ0n) is 10.5. The third kappa shape index (κ3) is 2.49. The van der Waals surface area contributed by atoms with E-state index in [-0.39, 0.29) is 5.91 Å². The van der Waals surface area contributed by atoms with Gasteiger partial charge in [0.05, 0.1) is 5.69 Å². The first kappa shape index (κ1) is 11.7. The first-order valence-corrected chi connectivity index (χ1v) is 5.95. The summed E-state index contributed by atoms with van der Waals surface area (Å²) in [6.07, 6.45) is 0.555. The van der Waals surface area contributed by atoms with Crippen molar-refractivity contribution in [2.75, 3.05) is 5.32 Å². The van der Waals surface area contributed by atoms with E-state index >= 15 is 0 Å². The van der Waals surface area contributed by atoms with Gasteiger partial charge in [0.15, 0.2) is 0 Å². The normalized spacial score (nSPS) is 11.1. The number of para-hydroxylation sites is 1. The summed E-state index contributed by atoms with van der Waals surface area (Å²) in [5, 5.41) is 4.07. The first-order valence-electron chi connectivity index (χ1n) is 5.95. The summed E-state index contributed by atoms with van der Waals surface area (Å²) in [5.74, 6) is 0.452. The number of benzene rings is 1. The van der Waals surface area contributed by atoms with Crippen molar-refractivity contribution < 1.29 is 4.79 Å². The molecule has 1 heterocycles. The second-order valence-electron chi connectivity index (χ2n) is 4.82. The van der Waals surface area contributed by atoms with E-state index in [0.29, 0.717) is 12.3 Å². The van der Waals surface area contributed by atoms with Gasteiger partial charge in [-0.25, -0.2) is 0 Å². The highest BCUT2D eigenvalue weighted by Gasteiger charge is 2.11. The summed E-state index contributed by atoms with van der Waals surface area (Å²) < 4.78 is 0. The van der Waals surface area contributed by atoms with Crippen LogP contribution in [0.4, 0.5) is 5.69 Å². The van der Waals surface area contributed by atoms with Crippen LogP contribution in [0.15, 0.2) is 24.3 Å². The molecule has 1 aromatic heterocycles. The Balaban J connectivity index is 2.29. The molecule has 0 saturated carbocycles. The van der Waals surface area contributed by atoms with Crippen LogP contribution in [0.5, 0.6) is 0 Å². The van der Waals surface area contributed by atoms with E-state index in [1.165, 1.54) is 0 Å². The number of carbonyl (C=O) groups excluding carboxylic acids is 1. The van der Waals surface area contributed by atoms with Gasteiger partial charge in [-0.2, -0.15) is 0 Å². The predicted octanol–water partition coefficient (Wildman–Crippen LogP) is 3.46. The number of hydrogen-bond donors (Lipinski definition) is 2. The topological polar surface area (TPSA) is 44.9 Å². The van der Waals surface area contributed by atoms with E-state index in [1.807, 2.05) is 45.0 Å². The molecule has 17 heavy (non-hydrogen) atoms. The molecule has 0 aliphatic heterocycles. The van der Waals surface area contributed by atoms with Crippen molar-refractivity contribution >= 4 is 22.5 Å². The van der Waals surface area contributed by atoms with E-state index in [4.69, 9.17) is 0 Å². The second kappa shape index (κ2) is 4.62. The van der Waals surface area contributed by atoms with Crippen molar-refractivity contribution in [3.05, 3.63) is 30.0 Å². The quantitative estimate of drug-likeness (QED) is 0.833. The number of aromatic nitrogens is 1. The van der Waals surface area contributed by atoms with Crippen LogP contribution < -0.4 is 5.32 Å². The average molecular weight is 230 g/mol. The molecule has 1 amide bonds. The Labute approximate surface area is 101 Å². The van der Waals surface area contributed by atoms with Crippen molar-refractivity contribution in [3.63, 3.8) is 0 Å². The summed E-state index contributed by atoms with van der Waals surface area (Å²) in [6, 6.07) is 8.00. The van der Waals surface area contributed by atoms with Gasteiger partial charge in [-0.3, -0.25) is 4.79 Å². The minimum absolute atomic E-state index is 0.0767. The number of H-pyrrole nitrogens is 1. The maximum Gasteiger partial charge on any atom is 0.224 e. The lowest BCUT2D eigenvalue weighted by molar-refractivity contribution is -0.116. The minimum atomic E-state index is 0.0767. The summed E-state index contributed by atoms with van der Waals surface area (Å²) in [7, 11) is 0. The number of rotatable bonds is 3. The molecular formula is C14H18N2O. The summed E-state index contributed by atoms with van der Waals surface area (Å²) in [5.41, 5.74) is 2.97. The molecule has 0 bridgehead atoms. The third-order valence-corrected chi connectivity index (χ3v) is 2.75. The second-order valence-corrected chi connectivity index (χ2v) is 4.82. The fourth-order valence-corrected chi connectivity index (χ4v) is 2.00. The molecule has 0 radical (unpaired) electrons. The van der Waals surface area contributed by atoms with E-state index in [2.05, 4.69) is 10.3 Å². The maximum absolute atomic E-state index is 11.8. The summed E-state index contributed by atoms with van der Waals surface area (Å²) in [4.78, 5) is 15.1. The lowest BCUT2D eigenvalue weighted by Crippen LogP contribution is -2.14. The Bertz CT molecular complexity index is 540. The lowest BCUT2D eigenvalue weighted by Gasteiger charge is -2.07. The number of nitrogens with one attached hydrogen (secondary N) is 2. The highest BCUT2D eigenvalue weighted by molar-refractivity contribution is 6.03. The van der Waals surface area contributed by atoms with Gasteiger partial charge in [-0.1, -0.05) is 32.0 Å². The fourth-order valence-electron chi connectivity index (χ4n) is 2.00. The Morgan fingerprint density at radius 2 is 2.06 bits per heavy atom. The Kier molecular flexibility index (Phi) is 3.18. The molecule has 2 N–H and O–H groups in total. The highest BCUT2D eigenvalue weighted by Crippen LogP contribution is 2.27. The maximum atomic E-state index is 11.8. The van der Waals surface area contributed by atoms with Gasteiger partial charge in [0.1, 0.15) is 0 Å². The molecule has 0 aliphatic carbocycles. The van der Waals surface area contributed by atoms with Crippen molar-refractivity contribution in [1.82, 2.24) is 4.98 Å².